The van der Waals surface area contributed by atoms with Crippen LogP contribution in [0, 0.1) is 13.8 Å². The van der Waals surface area contributed by atoms with Gasteiger partial charge in [-0.1, -0.05) is 6.07 Å². The highest BCUT2D eigenvalue weighted by Crippen LogP contribution is 2.31. The van der Waals surface area contributed by atoms with Crippen molar-refractivity contribution in [3.05, 3.63) is 75.3 Å². The summed E-state index contributed by atoms with van der Waals surface area (Å²) in [4.78, 5) is 24.7. The second kappa shape index (κ2) is 7.61. The van der Waals surface area contributed by atoms with Crippen LogP contribution in [0.4, 0.5) is 18.9 Å². The molecule has 5 nitrogen and oxygen atoms in total. The van der Waals surface area contributed by atoms with E-state index in [-0.39, 0.29) is 18.5 Å². The van der Waals surface area contributed by atoms with Crippen LogP contribution in [0.1, 0.15) is 28.7 Å². The highest BCUT2D eigenvalue weighted by atomic mass is 19.4. The molecule has 2 heterocycles. The van der Waals surface area contributed by atoms with Gasteiger partial charge in [-0.15, -0.1) is 0 Å². The third-order valence-corrected chi connectivity index (χ3v) is 5.25. The second-order valence-corrected chi connectivity index (χ2v) is 7.38. The van der Waals surface area contributed by atoms with Crippen LogP contribution in [0.3, 0.4) is 0 Å². The molecule has 0 bridgehead atoms. The number of carbonyl (C=O) groups is 1. The summed E-state index contributed by atoms with van der Waals surface area (Å²) >= 11 is 0. The van der Waals surface area contributed by atoms with Gasteiger partial charge in [-0.05, 0) is 55.7 Å². The topological polar surface area (TPSA) is 72.5 Å². The van der Waals surface area contributed by atoms with E-state index < -0.39 is 23.3 Å². The number of furan rings is 1. The van der Waals surface area contributed by atoms with Crippen LogP contribution < -0.4 is 10.9 Å². The van der Waals surface area contributed by atoms with Crippen molar-refractivity contribution in [1.29, 1.82) is 0 Å². The molecule has 0 spiro atoms. The van der Waals surface area contributed by atoms with E-state index in [0.717, 1.165) is 28.5 Å². The first-order valence-corrected chi connectivity index (χ1v) is 9.55. The first-order chi connectivity index (χ1) is 14.6. The van der Waals surface area contributed by atoms with Gasteiger partial charge < -0.3 is 14.2 Å². The summed E-state index contributed by atoms with van der Waals surface area (Å²) in [5.74, 6) is -0.501. The number of anilines is 1. The van der Waals surface area contributed by atoms with Crippen LogP contribution in [0.2, 0.25) is 0 Å². The highest BCUT2D eigenvalue weighted by Gasteiger charge is 2.30. The molecule has 0 saturated carbocycles. The Kier molecular flexibility index (Phi) is 5.08. The van der Waals surface area contributed by atoms with Crippen molar-refractivity contribution in [2.75, 3.05) is 5.32 Å². The molecule has 0 unspecified atom stereocenters. The number of hydrogen-bond acceptors (Lipinski definition) is 4. The summed E-state index contributed by atoms with van der Waals surface area (Å²) in [5, 5.41) is 4.09. The van der Waals surface area contributed by atoms with Crippen LogP contribution in [0.5, 0.6) is 0 Å². The number of amides is 1. The maximum Gasteiger partial charge on any atom is 0.416 e. The van der Waals surface area contributed by atoms with Crippen molar-refractivity contribution in [3.8, 4) is 0 Å². The quantitative estimate of drug-likeness (QED) is 0.420. The molecule has 0 saturated heterocycles. The average Bonchev–Trinajstić information content (AvgIpc) is 3.06. The minimum Gasteiger partial charge on any atom is -0.464 e. The molecule has 0 aliphatic rings. The molecule has 1 amide bonds. The molecular formula is C23H18F3NO4. The van der Waals surface area contributed by atoms with Crippen molar-refractivity contribution in [2.24, 2.45) is 0 Å². The van der Waals surface area contributed by atoms with Gasteiger partial charge in [0.15, 0.2) is 0 Å². The lowest BCUT2D eigenvalue weighted by Gasteiger charge is -2.11. The summed E-state index contributed by atoms with van der Waals surface area (Å²) < 4.78 is 49.4. The van der Waals surface area contributed by atoms with E-state index in [1.807, 2.05) is 13.0 Å². The number of nitrogens with one attached hydrogen (secondary N) is 1. The Balaban J connectivity index is 1.56. The highest BCUT2D eigenvalue weighted by molar-refractivity contribution is 5.96. The van der Waals surface area contributed by atoms with Crippen molar-refractivity contribution >= 4 is 33.5 Å². The van der Waals surface area contributed by atoms with Crippen LogP contribution in [0.15, 0.2) is 56.3 Å². The van der Waals surface area contributed by atoms with Gasteiger partial charge in [0, 0.05) is 34.5 Å². The van der Waals surface area contributed by atoms with Crippen LogP contribution >= 0.6 is 0 Å². The van der Waals surface area contributed by atoms with Gasteiger partial charge in [0.05, 0.1) is 11.8 Å². The Labute approximate surface area is 174 Å². The van der Waals surface area contributed by atoms with E-state index in [1.165, 1.54) is 12.1 Å². The molecule has 160 valence electrons. The van der Waals surface area contributed by atoms with E-state index in [1.54, 1.807) is 19.3 Å². The molecule has 2 aromatic carbocycles. The molecule has 2 aromatic heterocycles. The average molecular weight is 429 g/mol. The zero-order valence-electron chi connectivity index (χ0n) is 16.7. The van der Waals surface area contributed by atoms with Crippen LogP contribution in [0.25, 0.3) is 21.9 Å². The lowest BCUT2D eigenvalue weighted by molar-refractivity contribution is -0.137. The van der Waals surface area contributed by atoms with Crippen LogP contribution in [-0.4, -0.2) is 5.91 Å². The maximum absolute atomic E-state index is 12.8. The number of fused-ring (bicyclic) bond motifs is 2. The summed E-state index contributed by atoms with van der Waals surface area (Å²) in [7, 11) is 0. The van der Waals surface area contributed by atoms with Crippen molar-refractivity contribution in [1.82, 2.24) is 0 Å². The number of halogens is 3. The number of carbonyl (C=O) groups excluding carboxylic acids is 1. The fourth-order valence-electron chi connectivity index (χ4n) is 3.56. The Bertz CT molecular complexity index is 1370. The molecule has 0 fully saturated rings. The summed E-state index contributed by atoms with van der Waals surface area (Å²) in [5.41, 5.74) is 1.64. The van der Waals surface area contributed by atoms with E-state index >= 15 is 0 Å². The summed E-state index contributed by atoms with van der Waals surface area (Å²) in [6.07, 6.45) is -2.87. The zero-order chi connectivity index (χ0) is 22.3. The standard InChI is InChI=1S/C23H18F3NO4/c1-12-11-30-19-10-20-18(9-17(12)19)13(2)16(22(29)31-20)6-7-21(28)27-15-5-3-4-14(8-15)23(24,25)26/h3-5,8-11H,6-7H2,1-2H3,(H,27,28). The van der Waals surface area contributed by atoms with Crippen molar-refractivity contribution in [3.63, 3.8) is 0 Å². The van der Waals surface area contributed by atoms with Gasteiger partial charge in [0.25, 0.3) is 0 Å². The normalized spacial score (nSPS) is 11.9. The summed E-state index contributed by atoms with van der Waals surface area (Å²) in [6, 6.07) is 7.94. The van der Waals surface area contributed by atoms with Gasteiger partial charge in [-0.25, -0.2) is 4.79 Å². The molecule has 1 N–H and O–H groups in total. The number of alkyl halides is 3. The molecule has 0 radical (unpaired) electrons. The van der Waals surface area contributed by atoms with Gasteiger partial charge in [0.1, 0.15) is 11.2 Å². The molecule has 0 aliphatic heterocycles. The molecule has 4 rings (SSSR count). The fraction of sp³-hybridized carbons (Fsp3) is 0.217. The van der Waals surface area contributed by atoms with E-state index in [4.69, 9.17) is 8.83 Å². The number of aryl methyl sites for hydroxylation is 2. The van der Waals surface area contributed by atoms with Gasteiger partial charge in [-0.3, -0.25) is 4.79 Å². The predicted molar refractivity (Wildman–Crippen MR) is 110 cm³/mol. The van der Waals surface area contributed by atoms with Crippen LogP contribution in [-0.2, 0) is 17.4 Å². The Morgan fingerprint density at radius 1 is 1.06 bits per heavy atom. The second-order valence-electron chi connectivity index (χ2n) is 7.38. The molecule has 8 heteroatoms. The van der Waals surface area contributed by atoms with E-state index in [0.29, 0.717) is 22.3 Å². The molecule has 4 aromatic rings. The SMILES string of the molecule is Cc1coc2cc3oc(=O)c(CCC(=O)Nc4cccc(C(F)(F)F)c4)c(C)c3cc12. The molecule has 0 aliphatic carbocycles. The minimum absolute atomic E-state index is 0.0416. The number of rotatable bonds is 4. The van der Waals surface area contributed by atoms with Gasteiger partial charge in [0.2, 0.25) is 5.91 Å². The van der Waals surface area contributed by atoms with E-state index in [9.17, 15) is 22.8 Å². The number of benzene rings is 2. The first kappa shape index (κ1) is 20.7. The largest absolute Gasteiger partial charge is 0.464 e. The Morgan fingerprint density at radius 3 is 2.58 bits per heavy atom. The monoisotopic (exact) mass is 429 g/mol. The van der Waals surface area contributed by atoms with E-state index in [2.05, 4.69) is 5.32 Å². The molecule has 31 heavy (non-hydrogen) atoms. The smallest absolute Gasteiger partial charge is 0.416 e. The fourth-order valence-corrected chi connectivity index (χ4v) is 3.56. The first-order valence-electron chi connectivity index (χ1n) is 9.55. The maximum atomic E-state index is 12.8. The van der Waals surface area contributed by atoms with Crippen molar-refractivity contribution < 1.29 is 26.8 Å². The lowest BCUT2D eigenvalue weighted by Crippen LogP contribution is -2.17. The van der Waals surface area contributed by atoms with Gasteiger partial charge in [-0.2, -0.15) is 13.2 Å². The Morgan fingerprint density at radius 2 is 1.84 bits per heavy atom. The Hall–Kier alpha value is -3.55. The number of hydrogen-bond donors (Lipinski definition) is 1. The summed E-state index contributed by atoms with van der Waals surface area (Å²) in [6.45, 7) is 3.69. The minimum atomic E-state index is -4.50. The third-order valence-electron chi connectivity index (χ3n) is 5.25. The molecule has 0 atom stereocenters. The van der Waals surface area contributed by atoms with Crippen molar-refractivity contribution in [2.45, 2.75) is 32.9 Å². The third kappa shape index (κ3) is 4.05. The van der Waals surface area contributed by atoms with Gasteiger partial charge >= 0.3 is 11.8 Å². The predicted octanol–water partition coefficient (Wildman–Crippen LogP) is 5.75. The zero-order valence-corrected chi connectivity index (χ0v) is 16.7. The molecular weight excluding hydrogens is 411 g/mol. The lowest BCUT2D eigenvalue weighted by atomic mass is 10.0.